The van der Waals surface area contributed by atoms with E-state index >= 15 is 0 Å². The van der Waals surface area contributed by atoms with Crippen molar-refractivity contribution in [1.29, 1.82) is 5.26 Å². The molecule has 5 aromatic rings. The number of carbonyl (C=O) groups excluding carboxylic acids is 1. The average Bonchev–Trinajstić information content (AvgIpc) is 3.55. The number of fused-ring (bicyclic) bond motifs is 1. The number of rotatable bonds is 6. The van der Waals surface area contributed by atoms with E-state index in [2.05, 4.69) is 36.8 Å². The Morgan fingerprint density at radius 1 is 1.14 bits per heavy atom. The standard InChI is InChI=1S/C25H21N9O2/c1-15(2)30-20-9-23(34-24-17(12-29-34)8-16(10-26)11-28-24)27-13-19(20)21-14-33(32-31-21)22-7-5-4-6-18(22)25(35)36-3/h4-9,11-15H,1-3H3,(H,27,30). The van der Waals surface area contributed by atoms with Crippen LogP contribution in [0.1, 0.15) is 29.8 Å². The first kappa shape index (κ1) is 22.7. The summed E-state index contributed by atoms with van der Waals surface area (Å²) < 4.78 is 8.05. The Morgan fingerprint density at radius 2 is 1.97 bits per heavy atom. The van der Waals surface area contributed by atoms with Gasteiger partial charge in [0.15, 0.2) is 11.5 Å². The summed E-state index contributed by atoms with van der Waals surface area (Å²) in [6.07, 6.45) is 6.58. The number of para-hydroxylation sites is 1. The van der Waals surface area contributed by atoms with Gasteiger partial charge in [0.05, 0.1) is 36.3 Å². The Hall–Kier alpha value is -5.11. The molecule has 0 spiro atoms. The van der Waals surface area contributed by atoms with E-state index in [-0.39, 0.29) is 6.04 Å². The number of nitriles is 1. The topological polar surface area (TPSA) is 136 Å². The van der Waals surface area contributed by atoms with Crippen LogP contribution in [0.25, 0.3) is 33.8 Å². The smallest absolute Gasteiger partial charge is 0.340 e. The first-order valence-corrected chi connectivity index (χ1v) is 11.1. The fraction of sp³-hybridized carbons (Fsp3) is 0.160. The summed E-state index contributed by atoms with van der Waals surface area (Å²) in [6.45, 7) is 4.06. The molecule has 1 aromatic carbocycles. The highest BCUT2D eigenvalue weighted by molar-refractivity contribution is 5.93. The number of pyridine rings is 2. The number of methoxy groups -OCH3 is 1. The molecule has 0 fully saturated rings. The number of nitrogens with one attached hydrogen (secondary N) is 1. The van der Waals surface area contributed by atoms with Crippen molar-refractivity contribution < 1.29 is 9.53 Å². The number of anilines is 1. The van der Waals surface area contributed by atoms with Gasteiger partial charge < -0.3 is 10.1 Å². The third kappa shape index (κ3) is 4.12. The SMILES string of the molecule is COC(=O)c1ccccc1-n1cc(-c2cnc(-n3ncc4cc(C#N)cnc43)cc2NC(C)C)nn1. The van der Waals surface area contributed by atoms with E-state index in [9.17, 15) is 4.79 Å². The second-order valence-electron chi connectivity index (χ2n) is 8.25. The molecule has 0 saturated heterocycles. The number of carbonyl (C=O) groups is 1. The van der Waals surface area contributed by atoms with Gasteiger partial charge in [-0.2, -0.15) is 15.0 Å². The van der Waals surface area contributed by atoms with Crippen molar-refractivity contribution in [1.82, 2.24) is 34.7 Å². The summed E-state index contributed by atoms with van der Waals surface area (Å²) in [5.41, 5.74) is 4.06. The van der Waals surface area contributed by atoms with Gasteiger partial charge in [-0.05, 0) is 32.0 Å². The molecule has 0 unspecified atom stereocenters. The van der Waals surface area contributed by atoms with Crippen LogP contribution in [0.4, 0.5) is 5.69 Å². The van der Waals surface area contributed by atoms with Crippen LogP contribution < -0.4 is 5.32 Å². The first-order chi connectivity index (χ1) is 17.5. The maximum Gasteiger partial charge on any atom is 0.340 e. The van der Waals surface area contributed by atoms with E-state index in [4.69, 9.17) is 10.00 Å². The number of nitrogens with zero attached hydrogens (tertiary/aromatic N) is 8. The highest BCUT2D eigenvalue weighted by atomic mass is 16.5. The summed E-state index contributed by atoms with van der Waals surface area (Å²) >= 11 is 0. The maximum absolute atomic E-state index is 12.2. The number of esters is 1. The summed E-state index contributed by atoms with van der Waals surface area (Å²) in [7, 11) is 1.34. The number of aromatic nitrogens is 7. The van der Waals surface area contributed by atoms with Gasteiger partial charge in [0.25, 0.3) is 0 Å². The molecule has 1 N–H and O–H groups in total. The molecule has 11 nitrogen and oxygen atoms in total. The minimum absolute atomic E-state index is 0.125. The van der Waals surface area contributed by atoms with Gasteiger partial charge in [0.1, 0.15) is 11.8 Å². The molecule has 0 saturated carbocycles. The Balaban J connectivity index is 1.57. The zero-order valence-electron chi connectivity index (χ0n) is 19.7. The van der Waals surface area contributed by atoms with Crippen LogP contribution in [-0.2, 0) is 4.74 Å². The van der Waals surface area contributed by atoms with Gasteiger partial charge in [-0.25, -0.2) is 19.4 Å². The van der Waals surface area contributed by atoms with E-state index in [0.29, 0.717) is 34.0 Å². The van der Waals surface area contributed by atoms with Crippen LogP contribution in [0.5, 0.6) is 0 Å². The van der Waals surface area contributed by atoms with Gasteiger partial charge in [-0.3, -0.25) is 0 Å². The number of hydrogen-bond donors (Lipinski definition) is 1. The van der Waals surface area contributed by atoms with Crippen LogP contribution >= 0.6 is 0 Å². The van der Waals surface area contributed by atoms with Crippen molar-refractivity contribution in [2.75, 3.05) is 12.4 Å². The first-order valence-electron chi connectivity index (χ1n) is 11.1. The van der Waals surface area contributed by atoms with E-state index in [1.165, 1.54) is 18.0 Å². The molecule has 0 bridgehead atoms. The molecule has 178 valence electrons. The van der Waals surface area contributed by atoms with Crippen LogP contribution in [0.3, 0.4) is 0 Å². The molecule has 0 aliphatic heterocycles. The van der Waals surface area contributed by atoms with E-state index in [1.54, 1.807) is 47.5 Å². The van der Waals surface area contributed by atoms with E-state index in [0.717, 1.165) is 16.6 Å². The molecule has 0 amide bonds. The third-order valence-electron chi connectivity index (χ3n) is 5.41. The second-order valence-corrected chi connectivity index (χ2v) is 8.25. The lowest BCUT2D eigenvalue weighted by Gasteiger charge is -2.15. The van der Waals surface area contributed by atoms with Gasteiger partial charge in [0, 0.05) is 41.1 Å². The van der Waals surface area contributed by atoms with Gasteiger partial charge in [-0.1, -0.05) is 17.3 Å². The van der Waals surface area contributed by atoms with Crippen molar-refractivity contribution >= 4 is 22.7 Å². The van der Waals surface area contributed by atoms with Gasteiger partial charge in [-0.15, -0.1) is 5.10 Å². The van der Waals surface area contributed by atoms with Crippen molar-refractivity contribution in [3.63, 3.8) is 0 Å². The quantitative estimate of drug-likeness (QED) is 0.363. The molecule has 0 aliphatic carbocycles. The van der Waals surface area contributed by atoms with Gasteiger partial charge >= 0.3 is 5.97 Å². The molecule has 0 aliphatic rings. The molecule has 36 heavy (non-hydrogen) atoms. The fourth-order valence-corrected chi connectivity index (χ4v) is 3.81. The van der Waals surface area contributed by atoms with Crippen LogP contribution in [0.15, 0.2) is 61.2 Å². The summed E-state index contributed by atoms with van der Waals surface area (Å²) in [5, 5.41) is 26.3. The molecular weight excluding hydrogens is 458 g/mol. The minimum atomic E-state index is -0.460. The number of ether oxygens (including phenoxy) is 1. The van der Waals surface area contributed by atoms with Crippen LogP contribution in [0.2, 0.25) is 0 Å². The maximum atomic E-state index is 12.2. The lowest BCUT2D eigenvalue weighted by atomic mass is 10.1. The lowest BCUT2D eigenvalue weighted by Crippen LogP contribution is -2.12. The summed E-state index contributed by atoms with van der Waals surface area (Å²) in [6, 6.07) is 12.8. The zero-order chi connectivity index (χ0) is 25.2. The summed E-state index contributed by atoms with van der Waals surface area (Å²) in [5.74, 6) is 0.0929. The minimum Gasteiger partial charge on any atom is -0.465 e. The third-order valence-corrected chi connectivity index (χ3v) is 5.41. The Bertz CT molecular complexity index is 1630. The predicted octanol–water partition coefficient (Wildman–Crippen LogP) is 3.54. The van der Waals surface area contributed by atoms with Crippen molar-refractivity contribution in [2.45, 2.75) is 19.9 Å². The predicted molar refractivity (Wildman–Crippen MR) is 132 cm³/mol. The number of hydrogen-bond acceptors (Lipinski definition) is 9. The molecule has 5 rings (SSSR count). The fourth-order valence-electron chi connectivity index (χ4n) is 3.81. The Kier molecular flexibility index (Phi) is 5.83. The van der Waals surface area contributed by atoms with Gasteiger partial charge in [0.2, 0.25) is 0 Å². The average molecular weight is 480 g/mol. The molecule has 4 aromatic heterocycles. The summed E-state index contributed by atoms with van der Waals surface area (Å²) in [4.78, 5) is 21.2. The van der Waals surface area contributed by atoms with Crippen LogP contribution in [-0.4, -0.2) is 53.9 Å². The largest absolute Gasteiger partial charge is 0.465 e. The van der Waals surface area contributed by atoms with Crippen LogP contribution in [0, 0.1) is 11.3 Å². The van der Waals surface area contributed by atoms with E-state index < -0.39 is 5.97 Å². The lowest BCUT2D eigenvalue weighted by molar-refractivity contribution is 0.0600. The monoisotopic (exact) mass is 479 g/mol. The van der Waals surface area contributed by atoms with Crippen molar-refractivity contribution in [3.8, 4) is 28.8 Å². The normalized spacial score (nSPS) is 11.0. The highest BCUT2D eigenvalue weighted by Gasteiger charge is 2.18. The van der Waals surface area contributed by atoms with Crippen molar-refractivity contribution in [3.05, 3.63) is 72.3 Å². The van der Waals surface area contributed by atoms with Crippen molar-refractivity contribution in [2.24, 2.45) is 0 Å². The highest BCUT2D eigenvalue weighted by Crippen LogP contribution is 2.29. The molecular formula is C25H21N9O2. The Morgan fingerprint density at radius 3 is 2.75 bits per heavy atom. The molecule has 0 atom stereocenters. The molecule has 11 heteroatoms. The molecule has 4 heterocycles. The molecule has 0 radical (unpaired) electrons. The zero-order valence-corrected chi connectivity index (χ0v) is 19.7. The Labute approximate surface area is 206 Å². The van der Waals surface area contributed by atoms with E-state index in [1.807, 2.05) is 26.0 Å². The number of benzene rings is 1. The second kappa shape index (κ2) is 9.27.